The lowest BCUT2D eigenvalue weighted by Crippen LogP contribution is -2.16. The van der Waals surface area contributed by atoms with Crippen molar-refractivity contribution in [2.24, 2.45) is 5.16 Å². The van der Waals surface area contributed by atoms with E-state index in [1.165, 1.54) is 28.4 Å². The number of anilines is 1. The van der Waals surface area contributed by atoms with Gasteiger partial charge in [0.05, 0.1) is 0 Å². The Kier molecular flexibility index (Phi) is 5.09. The Morgan fingerprint density at radius 2 is 2.35 bits per heavy atom. The van der Waals surface area contributed by atoms with E-state index >= 15 is 0 Å². The summed E-state index contributed by atoms with van der Waals surface area (Å²) in [6, 6.07) is 0. The highest BCUT2D eigenvalue weighted by atomic mass is 127. The van der Waals surface area contributed by atoms with E-state index in [0.29, 0.717) is 0 Å². The third-order valence-electron chi connectivity index (χ3n) is 1.39. The molecule has 8 nitrogen and oxygen atoms in total. The molecule has 0 aliphatic rings. The number of nitrogens with zero attached hydrogens (tertiary/aromatic N) is 2. The standard InChI is InChI=1S/C7H6IN3O5S/c8-16-4(12)1-15-11-5(6(13)14)3-2-17-7(9)10-3/h2H,1H2,(H2,9,10)(H,13,14)/b11-5-. The zero-order valence-corrected chi connectivity index (χ0v) is 11.1. The molecule has 0 aromatic carbocycles. The minimum Gasteiger partial charge on any atom is -0.476 e. The third-order valence-corrected chi connectivity index (χ3v) is 2.56. The molecule has 1 aromatic rings. The Balaban J connectivity index is 2.76. The van der Waals surface area contributed by atoms with Crippen LogP contribution in [0.2, 0.25) is 0 Å². The molecule has 17 heavy (non-hydrogen) atoms. The van der Waals surface area contributed by atoms with Gasteiger partial charge in [0.1, 0.15) is 5.69 Å². The van der Waals surface area contributed by atoms with Gasteiger partial charge in [-0.2, -0.15) is 0 Å². The van der Waals surface area contributed by atoms with Gasteiger partial charge in [-0.3, -0.25) is 0 Å². The average molecular weight is 371 g/mol. The zero-order chi connectivity index (χ0) is 12.8. The first-order valence-corrected chi connectivity index (χ1v) is 5.76. The Hall–Kier alpha value is -1.43. The van der Waals surface area contributed by atoms with Gasteiger partial charge in [-0.1, -0.05) is 5.16 Å². The molecule has 1 rings (SSSR count). The number of carboxylic acids is 1. The summed E-state index contributed by atoms with van der Waals surface area (Å²) in [5.74, 6) is -2.02. The van der Waals surface area contributed by atoms with Crippen molar-refractivity contribution >= 4 is 57.1 Å². The number of hydrogen-bond donors (Lipinski definition) is 2. The van der Waals surface area contributed by atoms with Crippen molar-refractivity contribution in [3.05, 3.63) is 11.1 Å². The van der Waals surface area contributed by atoms with E-state index in [-0.39, 0.29) is 10.8 Å². The smallest absolute Gasteiger partial charge is 0.360 e. The van der Waals surface area contributed by atoms with Crippen molar-refractivity contribution in [3.63, 3.8) is 0 Å². The number of nitrogens with two attached hydrogens (primary N) is 1. The van der Waals surface area contributed by atoms with Crippen molar-refractivity contribution in [1.29, 1.82) is 0 Å². The number of rotatable bonds is 5. The van der Waals surface area contributed by atoms with Crippen molar-refractivity contribution in [2.45, 2.75) is 0 Å². The largest absolute Gasteiger partial charge is 0.476 e. The second-order valence-corrected chi connectivity index (χ2v) is 3.87. The lowest BCUT2D eigenvalue weighted by Gasteiger charge is -1.98. The summed E-state index contributed by atoms with van der Waals surface area (Å²) in [5, 5.41) is 13.8. The minimum atomic E-state index is -1.34. The van der Waals surface area contributed by atoms with Crippen molar-refractivity contribution < 1.29 is 22.6 Å². The van der Waals surface area contributed by atoms with Crippen LogP contribution in [-0.2, 0) is 17.5 Å². The summed E-state index contributed by atoms with van der Waals surface area (Å²) in [7, 11) is 0. The molecule has 0 unspecified atom stereocenters. The molecular formula is C7H6IN3O5S. The van der Waals surface area contributed by atoms with E-state index in [9.17, 15) is 9.59 Å². The molecular weight excluding hydrogens is 365 g/mol. The quantitative estimate of drug-likeness (QED) is 0.437. The Labute approximate surface area is 113 Å². The van der Waals surface area contributed by atoms with E-state index < -0.39 is 24.3 Å². The van der Waals surface area contributed by atoms with E-state index in [1.54, 1.807) is 0 Å². The molecule has 0 saturated heterocycles. The van der Waals surface area contributed by atoms with Crippen LogP contribution in [0.25, 0.3) is 0 Å². The molecule has 92 valence electrons. The number of thiazole rings is 1. The Morgan fingerprint density at radius 3 is 2.82 bits per heavy atom. The number of nitrogen functional groups attached to an aromatic ring is 1. The number of carbonyl (C=O) groups excluding carboxylic acids is 1. The highest BCUT2D eigenvalue weighted by molar-refractivity contribution is 14.1. The molecule has 0 aliphatic carbocycles. The number of halogens is 1. The molecule has 10 heteroatoms. The lowest BCUT2D eigenvalue weighted by atomic mass is 10.3. The van der Waals surface area contributed by atoms with Crippen LogP contribution in [0, 0.1) is 0 Å². The monoisotopic (exact) mass is 371 g/mol. The van der Waals surface area contributed by atoms with Gasteiger partial charge in [0.15, 0.2) is 28.1 Å². The third kappa shape index (κ3) is 4.14. The minimum absolute atomic E-state index is 0.0721. The first kappa shape index (κ1) is 13.6. The summed E-state index contributed by atoms with van der Waals surface area (Å²) < 4.78 is 4.26. The van der Waals surface area contributed by atoms with Crippen molar-refractivity contribution in [2.75, 3.05) is 12.3 Å². The van der Waals surface area contributed by atoms with Crippen molar-refractivity contribution in [3.8, 4) is 0 Å². The molecule has 0 aliphatic heterocycles. The molecule has 1 heterocycles. The van der Waals surface area contributed by atoms with Gasteiger partial charge in [0.25, 0.3) is 0 Å². The fourth-order valence-corrected chi connectivity index (χ4v) is 1.44. The number of oxime groups is 1. The molecule has 0 radical (unpaired) electrons. The first-order chi connectivity index (χ1) is 8.04. The van der Waals surface area contributed by atoms with E-state index in [4.69, 9.17) is 10.8 Å². The first-order valence-electron chi connectivity index (χ1n) is 4.00. The van der Waals surface area contributed by atoms with Crippen LogP contribution in [0.3, 0.4) is 0 Å². The van der Waals surface area contributed by atoms with Gasteiger partial charge in [0, 0.05) is 5.38 Å². The van der Waals surface area contributed by atoms with Gasteiger partial charge in [-0.25, -0.2) is 14.6 Å². The maximum Gasteiger partial charge on any atom is 0.360 e. The van der Waals surface area contributed by atoms with Crippen LogP contribution < -0.4 is 5.73 Å². The predicted molar refractivity (Wildman–Crippen MR) is 66.8 cm³/mol. The number of aromatic nitrogens is 1. The van der Waals surface area contributed by atoms with Crippen LogP contribution >= 0.6 is 34.3 Å². The molecule has 0 bridgehead atoms. The predicted octanol–water partition coefficient (Wildman–Crippen LogP) is 0.424. The molecule has 3 N–H and O–H groups in total. The molecule has 1 aromatic heterocycles. The number of carbonyl (C=O) groups is 2. The molecule has 0 saturated carbocycles. The lowest BCUT2D eigenvalue weighted by molar-refractivity contribution is -0.137. The number of aliphatic carboxylic acids is 1. The maximum atomic E-state index is 10.8. The summed E-state index contributed by atoms with van der Waals surface area (Å²) in [5.41, 5.74) is 5.00. The van der Waals surface area contributed by atoms with Crippen LogP contribution in [0.1, 0.15) is 5.69 Å². The van der Waals surface area contributed by atoms with E-state index in [0.717, 1.165) is 11.3 Å². The highest BCUT2D eigenvalue weighted by Crippen LogP contribution is 2.12. The number of hydrogen-bond acceptors (Lipinski definition) is 8. The van der Waals surface area contributed by atoms with Gasteiger partial charge < -0.3 is 18.7 Å². The SMILES string of the molecule is Nc1nc(/C(=N/OCC(=O)OI)C(=O)O)cs1. The second-order valence-electron chi connectivity index (χ2n) is 2.54. The molecule has 0 atom stereocenters. The summed E-state index contributed by atoms with van der Waals surface area (Å²) >= 11 is 2.45. The maximum absolute atomic E-state index is 10.8. The second kappa shape index (κ2) is 6.34. The highest BCUT2D eigenvalue weighted by Gasteiger charge is 2.17. The average Bonchev–Trinajstić information content (AvgIpc) is 2.70. The van der Waals surface area contributed by atoms with E-state index in [2.05, 4.69) is 18.0 Å². The van der Waals surface area contributed by atoms with Crippen LogP contribution in [0.15, 0.2) is 10.5 Å². The van der Waals surface area contributed by atoms with Crippen LogP contribution in [-0.4, -0.2) is 34.3 Å². The van der Waals surface area contributed by atoms with Crippen molar-refractivity contribution in [1.82, 2.24) is 4.98 Å². The Bertz CT molecular complexity index is 460. The van der Waals surface area contributed by atoms with Crippen LogP contribution in [0.4, 0.5) is 5.13 Å². The topological polar surface area (TPSA) is 124 Å². The molecule has 0 spiro atoms. The normalized spacial score (nSPS) is 11.0. The summed E-state index contributed by atoms with van der Waals surface area (Å²) in [6.07, 6.45) is 0. The molecule has 0 amide bonds. The summed E-state index contributed by atoms with van der Waals surface area (Å²) in [4.78, 5) is 29.8. The molecule has 0 fully saturated rings. The van der Waals surface area contributed by atoms with E-state index in [1.807, 2.05) is 0 Å². The van der Waals surface area contributed by atoms with Gasteiger partial charge in [-0.15, -0.1) is 11.3 Å². The zero-order valence-electron chi connectivity index (χ0n) is 8.12. The fourth-order valence-electron chi connectivity index (χ4n) is 0.764. The van der Waals surface area contributed by atoms with Gasteiger partial charge >= 0.3 is 11.9 Å². The Morgan fingerprint density at radius 1 is 1.65 bits per heavy atom. The fraction of sp³-hybridized carbons (Fsp3) is 0.143. The van der Waals surface area contributed by atoms with Gasteiger partial charge in [0.2, 0.25) is 12.3 Å². The van der Waals surface area contributed by atoms with Crippen LogP contribution in [0.5, 0.6) is 0 Å². The number of carboxylic acid groups (broad SMARTS) is 1. The summed E-state index contributed by atoms with van der Waals surface area (Å²) in [6.45, 7) is -0.487. The van der Waals surface area contributed by atoms with Gasteiger partial charge in [-0.05, 0) is 0 Å².